The number of aliphatic hydroxyl groups is 1. The molecule has 3 N–H and O–H groups in total. The zero-order chi connectivity index (χ0) is 23.9. The summed E-state index contributed by atoms with van der Waals surface area (Å²) in [6.07, 6.45) is 10.2. The monoisotopic (exact) mass is 467 g/mol. The predicted octanol–water partition coefficient (Wildman–Crippen LogP) is 2.00. The summed E-state index contributed by atoms with van der Waals surface area (Å²) in [4.78, 5) is 36.7. The van der Waals surface area contributed by atoms with Crippen LogP contribution < -0.4 is 0 Å². The lowest BCUT2D eigenvalue weighted by Crippen LogP contribution is -2.51. The molecule has 1 amide bonds. The smallest absolute Gasteiger partial charge is 0.341 e. The molecule has 0 aliphatic rings. The molecule has 182 valence electrons. The van der Waals surface area contributed by atoms with Gasteiger partial charge in [-0.3, -0.25) is 9.35 Å². The van der Waals surface area contributed by atoms with Gasteiger partial charge in [-0.25, -0.2) is 9.59 Å². The zero-order valence-electron chi connectivity index (χ0n) is 18.5. The Balaban J connectivity index is 4.40. The lowest BCUT2D eigenvalue weighted by molar-refractivity contribution is -0.156. The molecule has 11 heteroatoms. The molecular weight excluding hydrogens is 430 g/mol. The molecule has 0 saturated heterocycles. The van der Waals surface area contributed by atoms with Crippen molar-refractivity contribution < 1.29 is 42.3 Å². The second-order valence-corrected chi connectivity index (χ2v) is 9.40. The van der Waals surface area contributed by atoms with Gasteiger partial charge in [0.1, 0.15) is 6.61 Å². The summed E-state index contributed by atoms with van der Waals surface area (Å²) in [6.45, 7) is 1.78. The van der Waals surface area contributed by atoms with Crippen LogP contribution in [0.3, 0.4) is 0 Å². The van der Waals surface area contributed by atoms with Gasteiger partial charge in [0.2, 0.25) is 5.91 Å². The van der Waals surface area contributed by atoms with Crippen LogP contribution in [0, 0.1) is 0 Å². The summed E-state index contributed by atoms with van der Waals surface area (Å²) >= 11 is 0. The van der Waals surface area contributed by atoms with Crippen molar-refractivity contribution in [2.45, 2.75) is 82.8 Å². The van der Waals surface area contributed by atoms with Crippen molar-refractivity contribution in [2.75, 3.05) is 26.3 Å². The highest BCUT2D eigenvalue weighted by Crippen LogP contribution is 2.18. The van der Waals surface area contributed by atoms with E-state index in [1.165, 1.54) is 37.0 Å². The highest BCUT2D eigenvalue weighted by atomic mass is 32.2. The number of carbonyl (C=O) groups is 3. The molecular formula is C20H37NO9S. The van der Waals surface area contributed by atoms with Crippen molar-refractivity contribution in [2.24, 2.45) is 0 Å². The van der Waals surface area contributed by atoms with E-state index in [2.05, 4.69) is 11.7 Å². The lowest BCUT2D eigenvalue weighted by atomic mass is 10.1. The fraction of sp³-hybridized carbons (Fsp3) is 0.850. The summed E-state index contributed by atoms with van der Waals surface area (Å²) in [6, 6.07) is 0. The number of hydrogen-bond acceptors (Lipinski definition) is 7. The minimum Gasteiger partial charge on any atom is -0.480 e. The number of nitrogens with zero attached hydrogens (tertiary/aromatic N) is 1. The van der Waals surface area contributed by atoms with E-state index >= 15 is 0 Å². The number of amides is 1. The van der Waals surface area contributed by atoms with Crippen LogP contribution in [0.1, 0.15) is 78.1 Å². The quantitative estimate of drug-likeness (QED) is 0.119. The molecule has 0 aliphatic carbocycles. The van der Waals surface area contributed by atoms with Gasteiger partial charge in [0.15, 0.2) is 0 Å². The average Bonchev–Trinajstić information content (AvgIpc) is 2.69. The molecule has 0 radical (unpaired) electrons. The van der Waals surface area contributed by atoms with Gasteiger partial charge in [-0.05, 0) is 13.3 Å². The van der Waals surface area contributed by atoms with Crippen molar-refractivity contribution >= 4 is 28.0 Å². The first-order valence-electron chi connectivity index (χ1n) is 10.8. The Morgan fingerprint density at radius 3 is 1.90 bits per heavy atom. The minimum atomic E-state index is -5.26. The van der Waals surface area contributed by atoms with E-state index in [0.29, 0.717) is 13.3 Å². The Labute approximate surface area is 184 Å². The first kappa shape index (κ1) is 29.3. The van der Waals surface area contributed by atoms with Crippen LogP contribution in [0.15, 0.2) is 0 Å². The van der Waals surface area contributed by atoms with Gasteiger partial charge in [0.05, 0.1) is 13.2 Å². The van der Waals surface area contributed by atoms with Crippen LogP contribution in [0.25, 0.3) is 0 Å². The maximum Gasteiger partial charge on any atom is 0.341 e. The number of aliphatic carboxylic acids is 1. The normalized spacial score (nSPS) is 13.4. The van der Waals surface area contributed by atoms with E-state index in [9.17, 15) is 22.8 Å². The Morgan fingerprint density at radius 1 is 0.935 bits per heavy atom. The number of carboxylic acid groups (broad SMARTS) is 1. The number of carbonyl (C=O) groups excluding carboxylic acids is 2. The van der Waals surface area contributed by atoms with Crippen LogP contribution in [0.2, 0.25) is 0 Å². The average molecular weight is 468 g/mol. The van der Waals surface area contributed by atoms with Crippen molar-refractivity contribution in [1.82, 2.24) is 4.90 Å². The first-order chi connectivity index (χ1) is 14.5. The molecule has 0 aliphatic heterocycles. The Bertz CT molecular complexity index is 666. The number of aliphatic hydroxyl groups excluding tert-OH is 1. The fourth-order valence-corrected chi connectivity index (χ4v) is 3.41. The molecule has 31 heavy (non-hydrogen) atoms. The van der Waals surface area contributed by atoms with E-state index in [-0.39, 0.29) is 32.0 Å². The minimum absolute atomic E-state index is 0.00229. The van der Waals surface area contributed by atoms with Crippen molar-refractivity contribution in [1.29, 1.82) is 0 Å². The van der Waals surface area contributed by atoms with Gasteiger partial charge < -0.3 is 19.8 Å². The second-order valence-electron chi connectivity index (χ2n) is 7.63. The number of unbranched alkanes of at least 4 members (excludes halogenated alkanes) is 8. The first-order valence-corrected chi connectivity index (χ1v) is 12.2. The van der Waals surface area contributed by atoms with Crippen LogP contribution in [0.5, 0.6) is 0 Å². The van der Waals surface area contributed by atoms with Gasteiger partial charge in [-0.2, -0.15) is 8.42 Å². The molecule has 0 aromatic carbocycles. The Hall–Kier alpha value is -1.72. The van der Waals surface area contributed by atoms with E-state index in [0.717, 1.165) is 19.3 Å². The standard InChI is InChI=1S/C20H37NO9S/c1-3-4-5-6-7-8-9-10-11-12-17(23)21(13-15-22)14-16-30-19(26)20(2,18(24)25)31(27,28)29/h22H,3-16H2,1-2H3,(H,24,25)(H,27,28,29). The summed E-state index contributed by atoms with van der Waals surface area (Å²) in [5.41, 5.74) is 0. The number of hydrogen-bond donors (Lipinski definition) is 3. The van der Waals surface area contributed by atoms with Crippen LogP contribution in [-0.2, 0) is 29.2 Å². The summed E-state index contributed by atoms with van der Waals surface area (Å²) in [7, 11) is -5.26. The Kier molecular flexibility index (Phi) is 14.3. The van der Waals surface area contributed by atoms with E-state index in [4.69, 9.17) is 14.8 Å². The summed E-state index contributed by atoms with van der Waals surface area (Å²) in [5, 5.41) is 18.1. The van der Waals surface area contributed by atoms with E-state index in [1.54, 1.807) is 0 Å². The maximum atomic E-state index is 12.3. The number of carboxylic acids is 1. The lowest BCUT2D eigenvalue weighted by Gasteiger charge is -2.23. The number of esters is 1. The largest absolute Gasteiger partial charge is 0.480 e. The summed E-state index contributed by atoms with van der Waals surface area (Å²) in [5.74, 6) is -3.98. The van der Waals surface area contributed by atoms with E-state index in [1.807, 2.05) is 0 Å². The van der Waals surface area contributed by atoms with E-state index < -0.39 is 33.4 Å². The highest BCUT2D eigenvalue weighted by molar-refractivity contribution is 7.89. The molecule has 0 bridgehead atoms. The van der Waals surface area contributed by atoms with Crippen molar-refractivity contribution in [3.63, 3.8) is 0 Å². The fourth-order valence-electron chi connectivity index (χ4n) is 2.92. The van der Waals surface area contributed by atoms with Crippen LogP contribution in [0.4, 0.5) is 0 Å². The SMILES string of the molecule is CCCCCCCCCCCC(=O)N(CCO)CCOC(=O)C(C)(C(=O)O)S(=O)(=O)O. The maximum absolute atomic E-state index is 12.3. The topological polar surface area (TPSA) is 159 Å². The molecule has 0 fully saturated rings. The van der Waals surface area contributed by atoms with Crippen LogP contribution in [-0.4, -0.2) is 77.0 Å². The molecule has 10 nitrogen and oxygen atoms in total. The molecule has 0 rings (SSSR count). The van der Waals surface area contributed by atoms with Gasteiger partial charge >= 0.3 is 11.9 Å². The molecule has 0 heterocycles. The molecule has 0 saturated carbocycles. The molecule has 1 atom stereocenters. The number of ether oxygens (including phenoxy) is 1. The van der Waals surface area contributed by atoms with Gasteiger partial charge in [-0.15, -0.1) is 0 Å². The predicted molar refractivity (Wildman–Crippen MR) is 114 cm³/mol. The van der Waals surface area contributed by atoms with Gasteiger partial charge in [-0.1, -0.05) is 58.3 Å². The summed E-state index contributed by atoms with van der Waals surface area (Å²) < 4.78 is 33.2. The third kappa shape index (κ3) is 10.4. The molecule has 0 aromatic rings. The van der Waals surface area contributed by atoms with Crippen LogP contribution >= 0.6 is 0 Å². The molecule has 0 spiro atoms. The van der Waals surface area contributed by atoms with Gasteiger partial charge in [0, 0.05) is 13.0 Å². The van der Waals surface area contributed by atoms with Crippen molar-refractivity contribution in [3.8, 4) is 0 Å². The Morgan fingerprint density at radius 2 is 1.45 bits per heavy atom. The zero-order valence-corrected chi connectivity index (χ0v) is 19.4. The third-order valence-corrected chi connectivity index (χ3v) is 6.50. The highest BCUT2D eigenvalue weighted by Gasteiger charge is 2.55. The third-order valence-electron chi connectivity index (χ3n) is 5.12. The molecule has 1 unspecified atom stereocenters. The second kappa shape index (κ2) is 15.1. The van der Waals surface area contributed by atoms with Crippen molar-refractivity contribution in [3.05, 3.63) is 0 Å². The number of rotatable bonds is 18. The molecule has 0 aromatic heterocycles. The van der Waals surface area contributed by atoms with Gasteiger partial charge in [0.25, 0.3) is 14.9 Å².